The van der Waals surface area contributed by atoms with E-state index in [0.717, 1.165) is 22.0 Å². The summed E-state index contributed by atoms with van der Waals surface area (Å²) in [5.74, 6) is 0. The van der Waals surface area contributed by atoms with Gasteiger partial charge in [-0.1, -0.05) is 72.8 Å². The number of hydrogen-bond donors (Lipinski definition) is 3. The van der Waals surface area contributed by atoms with Crippen molar-refractivity contribution in [2.24, 2.45) is 5.73 Å². The monoisotopic (exact) mass is 431 g/mol. The lowest BCUT2D eigenvalue weighted by atomic mass is 9.85. The smallest absolute Gasteiger partial charge is 0.161 e. The zero-order chi connectivity index (χ0) is 20.9. The van der Waals surface area contributed by atoms with Crippen LogP contribution in [-0.2, 0) is 16.7 Å². The lowest BCUT2D eigenvalue weighted by Crippen LogP contribution is -2.51. The average molecular weight is 432 g/mol. The Balaban J connectivity index is 1.85. The van der Waals surface area contributed by atoms with E-state index in [1.54, 1.807) is 12.1 Å². The highest BCUT2D eigenvalue weighted by atomic mass is 35.5. The summed E-state index contributed by atoms with van der Waals surface area (Å²) in [7, 11) is 0. The van der Waals surface area contributed by atoms with Gasteiger partial charge < -0.3 is 20.7 Å². The van der Waals surface area contributed by atoms with Crippen molar-refractivity contribution in [2.75, 3.05) is 13.2 Å². The summed E-state index contributed by atoms with van der Waals surface area (Å²) in [5.41, 5.74) is 7.84. The van der Waals surface area contributed by atoms with Crippen LogP contribution >= 0.6 is 23.4 Å². The maximum absolute atomic E-state index is 10.3. The van der Waals surface area contributed by atoms with Crippen LogP contribution in [0, 0.1) is 0 Å². The number of aliphatic hydroxyl groups excluding tert-OH is 2. The van der Waals surface area contributed by atoms with E-state index in [1.165, 1.54) is 17.3 Å². The van der Waals surface area contributed by atoms with Gasteiger partial charge in [-0.2, -0.15) is 0 Å². The van der Waals surface area contributed by atoms with E-state index in [2.05, 4.69) is 18.2 Å². The van der Waals surface area contributed by atoms with Crippen molar-refractivity contribution in [2.45, 2.75) is 36.3 Å². The third-order valence-corrected chi connectivity index (χ3v) is 6.39. The van der Waals surface area contributed by atoms with Crippen LogP contribution in [-0.4, -0.2) is 29.5 Å². The molecule has 0 radical (unpaired) electrons. The minimum Gasteiger partial charge on any atom is -0.483 e. The van der Waals surface area contributed by atoms with E-state index in [4.69, 9.17) is 22.1 Å². The predicted octanol–water partition coefficient (Wildman–Crippen LogP) is 4.39. The van der Waals surface area contributed by atoms with Crippen molar-refractivity contribution < 1.29 is 14.9 Å². The SMILES string of the molecule is CCC(O)C(N)(CO)c1ccc(SC2=C(Cc3ccccc3)C=CCO2)cc1Cl. The number of ether oxygens (including phenoxy) is 1. The second-order valence-corrected chi connectivity index (χ2v) is 8.51. The zero-order valence-corrected chi connectivity index (χ0v) is 17.9. The standard InChI is InChI=1S/C23H26ClNO3S/c1-2-21(27)23(25,15-26)19-11-10-18(14-20(19)24)29-22-17(9-6-12-28-22)13-16-7-4-3-5-8-16/h3-11,14,21,26-27H,2,12-13,15,25H2,1H3. The van der Waals surface area contributed by atoms with Gasteiger partial charge in [-0.15, -0.1) is 0 Å². The highest BCUT2D eigenvalue weighted by molar-refractivity contribution is 8.03. The van der Waals surface area contributed by atoms with E-state index >= 15 is 0 Å². The van der Waals surface area contributed by atoms with E-state index in [0.29, 0.717) is 23.6 Å². The topological polar surface area (TPSA) is 75.7 Å². The molecular formula is C23H26ClNO3S. The summed E-state index contributed by atoms with van der Waals surface area (Å²) < 4.78 is 5.89. The molecule has 0 bridgehead atoms. The van der Waals surface area contributed by atoms with Crippen molar-refractivity contribution in [1.29, 1.82) is 0 Å². The number of hydrogen-bond acceptors (Lipinski definition) is 5. The number of nitrogens with two attached hydrogens (primary N) is 1. The molecule has 1 heterocycles. The van der Waals surface area contributed by atoms with Gasteiger partial charge in [0, 0.05) is 21.9 Å². The summed E-state index contributed by atoms with van der Waals surface area (Å²) in [4.78, 5) is 0.904. The molecule has 4 nitrogen and oxygen atoms in total. The molecular weight excluding hydrogens is 406 g/mol. The first kappa shape index (κ1) is 21.9. The van der Waals surface area contributed by atoms with Gasteiger partial charge in [-0.3, -0.25) is 0 Å². The Hall–Kier alpha value is -1.76. The Morgan fingerprint density at radius 3 is 2.66 bits per heavy atom. The van der Waals surface area contributed by atoms with Gasteiger partial charge in [0.25, 0.3) is 0 Å². The highest BCUT2D eigenvalue weighted by Gasteiger charge is 2.36. The van der Waals surface area contributed by atoms with Crippen molar-refractivity contribution in [1.82, 2.24) is 0 Å². The third kappa shape index (κ3) is 5.05. The summed E-state index contributed by atoms with van der Waals surface area (Å²) in [6, 6.07) is 15.7. The molecule has 1 aliphatic rings. The molecule has 0 spiro atoms. The Morgan fingerprint density at radius 1 is 1.24 bits per heavy atom. The fraction of sp³-hybridized carbons (Fsp3) is 0.304. The van der Waals surface area contributed by atoms with Crippen LogP contribution in [0.5, 0.6) is 0 Å². The Bertz CT molecular complexity index is 900. The molecule has 2 aromatic rings. The van der Waals surface area contributed by atoms with E-state index in [9.17, 15) is 10.2 Å². The fourth-order valence-electron chi connectivity index (χ4n) is 3.29. The van der Waals surface area contributed by atoms with Crippen LogP contribution in [0.25, 0.3) is 0 Å². The molecule has 0 amide bonds. The molecule has 0 aromatic heterocycles. The lowest BCUT2D eigenvalue weighted by molar-refractivity contribution is 0.0384. The van der Waals surface area contributed by atoms with E-state index < -0.39 is 18.2 Å². The highest BCUT2D eigenvalue weighted by Crippen LogP contribution is 2.37. The summed E-state index contributed by atoms with van der Waals surface area (Å²) in [6.07, 6.45) is 4.41. The summed E-state index contributed by atoms with van der Waals surface area (Å²) >= 11 is 7.99. The molecule has 0 saturated carbocycles. The molecule has 6 heteroatoms. The molecule has 2 aromatic carbocycles. The number of halogens is 1. The van der Waals surface area contributed by atoms with Crippen molar-refractivity contribution in [3.8, 4) is 0 Å². The van der Waals surface area contributed by atoms with E-state index in [1.807, 2.05) is 37.3 Å². The molecule has 0 saturated heterocycles. The van der Waals surface area contributed by atoms with Gasteiger partial charge in [0.15, 0.2) is 5.09 Å². The Labute approximate surface area is 181 Å². The Kier molecular flexibility index (Phi) is 7.44. The minimum absolute atomic E-state index is 0.394. The van der Waals surface area contributed by atoms with Crippen LogP contribution in [0.2, 0.25) is 5.02 Å². The second-order valence-electron chi connectivity index (χ2n) is 7.05. The molecule has 2 atom stereocenters. The normalized spacial score (nSPS) is 17.0. The van der Waals surface area contributed by atoms with Crippen LogP contribution in [0.3, 0.4) is 0 Å². The lowest BCUT2D eigenvalue weighted by Gasteiger charge is -2.33. The van der Waals surface area contributed by atoms with Gasteiger partial charge in [-0.05, 0) is 35.8 Å². The van der Waals surface area contributed by atoms with Crippen molar-refractivity contribution in [3.05, 3.63) is 87.5 Å². The molecule has 0 aliphatic carbocycles. The first-order chi connectivity index (χ1) is 14.0. The maximum Gasteiger partial charge on any atom is 0.161 e. The molecule has 29 heavy (non-hydrogen) atoms. The third-order valence-electron chi connectivity index (χ3n) is 5.02. The summed E-state index contributed by atoms with van der Waals surface area (Å²) in [5, 5.41) is 21.3. The minimum atomic E-state index is -1.29. The molecule has 1 aliphatic heterocycles. The molecule has 0 fully saturated rings. The average Bonchev–Trinajstić information content (AvgIpc) is 2.75. The number of thioether (sulfide) groups is 1. The van der Waals surface area contributed by atoms with Crippen LogP contribution < -0.4 is 5.73 Å². The Morgan fingerprint density at radius 2 is 2.00 bits per heavy atom. The van der Waals surface area contributed by atoms with Gasteiger partial charge in [-0.25, -0.2) is 0 Å². The zero-order valence-electron chi connectivity index (χ0n) is 16.3. The predicted molar refractivity (Wildman–Crippen MR) is 119 cm³/mol. The largest absolute Gasteiger partial charge is 0.483 e. The first-order valence-corrected chi connectivity index (χ1v) is 10.8. The summed E-state index contributed by atoms with van der Waals surface area (Å²) in [6.45, 7) is 1.95. The second kappa shape index (κ2) is 9.83. The fourth-order valence-corrected chi connectivity index (χ4v) is 4.64. The van der Waals surface area contributed by atoms with Gasteiger partial charge in [0.05, 0.1) is 18.2 Å². The quantitative estimate of drug-likeness (QED) is 0.578. The number of benzene rings is 2. The number of aliphatic hydroxyl groups is 2. The van der Waals surface area contributed by atoms with Gasteiger partial charge >= 0.3 is 0 Å². The molecule has 2 unspecified atom stereocenters. The van der Waals surface area contributed by atoms with Gasteiger partial charge in [0.1, 0.15) is 6.61 Å². The molecule has 154 valence electrons. The molecule has 4 N–H and O–H groups in total. The van der Waals surface area contributed by atoms with E-state index in [-0.39, 0.29) is 0 Å². The van der Waals surface area contributed by atoms with Crippen LogP contribution in [0.4, 0.5) is 0 Å². The number of allylic oxidation sites excluding steroid dienone is 2. The first-order valence-electron chi connectivity index (χ1n) is 9.60. The molecule has 3 rings (SSSR count). The maximum atomic E-state index is 10.3. The van der Waals surface area contributed by atoms with Gasteiger partial charge in [0.2, 0.25) is 0 Å². The van der Waals surface area contributed by atoms with Crippen molar-refractivity contribution in [3.63, 3.8) is 0 Å². The number of rotatable bonds is 8. The van der Waals surface area contributed by atoms with Crippen molar-refractivity contribution >= 4 is 23.4 Å². The van der Waals surface area contributed by atoms with Crippen LogP contribution in [0.1, 0.15) is 24.5 Å². The van der Waals surface area contributed by atoms with Crippen LogP contribution in [0.15, 0.2) is 76.2 Å².